The Morgan fingerprint density at radius 1 is 0.935 bits per heavy atom. The Hall–Kier alpha value is -2.89. The summed E-state index contributed by atoms with van der Waals surface area (Å²) in [6.07, 6.45) is 7.58. The molecule has 0 heterocycles. The fourth-order valence-corrected chi connectivity index (χ4v) is 4.42. The van der Waals surface area contributed by atoms with Crippen molar-refractivity contribution in [3.8, 4) is 0 Å². The van der Waals surface area contributed by atoms with Gasteiger partial charge in [-0.3, -0.25) is 9.59 Å². The number of benzene rings is 2. The second-order valence-corrected chi connectivity index (χ2v) is 8.71. The highest BCUT2D eigenvalue weighted by Gasteiger charge is 2.33. The van der Waals surface area contributed by atoms with Crippen molar-refractivity contribution in [2.75, 3.05) is 29.2 Å². The summed E-state index contributed by atoms with van der Waals surface area (Å²) in [5.74, 6) is -0.621. The number of carbonyl (C=O) groups excluding carboxylic acids is 2. The molecule has 164 valence electrons. The van der Waals surface area contributed by atoms with E-state index in [4.69, 9.17) is 0 Å². The number of nitrogens with one attached hydrogen (secondary N) is 1. The molecule has 2 aliphatic rings. The molecule has 0 aromatic heterocycles. The first-order chi connectivity index (χ1) is 15.0. The zero-order valence-electron chi connectivity index (χ0n) is 18.2. The Bertz CT molecular complexity index is 967. The van der Waals surface area contributed by atoms with E-state index >= 15 is 0 Å². The number of carbonyl (C=O) groups is 2. The van der Waals surface area contributed by atoms with E-state index in [1.807, 2.05) is 11.9 Å². The molecule has 1 N–H and O–H groups in total. The van der Waals surface area contributed by atoms with Crippen LogP contribution in [-0.2, 0) is 4.79 Å². The normalized spacial score (nSPS) is 16.6. The highest BCUT2D eigenvalue weighted by Crippen LogP contribution is 2.33. The smallest absolute Gasteiger partial charge is 0.257 e. The van der Waals surface area contributed by atoms with Gasteiger partial charge in [-0.25, -0.2) is 4.39 Å². The molecule has 0 spiro atoms. The summed E-state index contributed by atoms with van der Waals surface area (Å²) in [6, 6.07) is 12.2. The van der Waals surface area contributed by atoms with E-state index in [9.17, 15) is 14.0 Å². The molecule has 5 nitrogen and oxygen atoms in total. The first kappa shape index (κ1) is 21.3. The number of para-hydroxylation sites is 1. The molecule has 2 amide bonds. The molecule has 0 aliphatic heterocycles. The molecule has 2 aromatic rings. The minimum atomic E-state index is -0.362. The molecule has 4 rings (SSSR count). The number of hydrogen-bond acceptors (Lipinski definition) is 3. The molecule has 2 aliphatic carbocycles. The van der Waals surface area contributed by atoms with Gasteiger partial charge in [-0.15, -0.1) is 0 Å². The molecule has 0 saturated heterocycles. The maximum absolute atomic E-state index is 14.9. The number of amides is 2. The van der Waals surface area contributed by atoms with Crippen molar-refractivity contribution in [2.24, 2.45) is 5.92 Å². The van der Waals surface area contributed by atoms with Gasteiger partial charge >= 0.3 is 0 Å². The van der Waals surface area contributed by atoms with E-state index in [-0.39, 0.29) is 23.5 Å². The minimum Gasteiger partial charge on any atom is -0.369 e. The summed E-state index contributed by atoms with van der Waals surface area (Å²) in [6.45, 7) is 0. The zero-order valence-corrected chi connectivity index (χ0v) is 18.2. The van der Waals surface area contributed by atoms with Gasteiger partial charge in [0.2, 0.25) is 5.91 Å². The summed E-state index contributed by atoms with van der Waals surface area (Å²) < 4.78 is 14.9. The van der Waals surface area contributed by atoms with Crippen LogP contribution in [0.25, 0.3) is 0 Å². The van der Waals surface area contributed by atoms with Crippen LogP contribution < -0.4 is 15.1 Å². The highest BCUT2D eigenvalue weighted by atomic mass is 19.1. The lowest BCUT2D eigenvalue weighted by Gasteiger charge is -2.33. The van der Waals surface area contributed by atoms with Gasteiger partial charge in [-0.1, -0.05) is 31.4 Å². The summed E-state index contributed by atoms with van der Waals surface area (Å²) in [7, 11) is 3.64. The molecule has 0 radical (unpaired) electrons. The quantitative estimate of drug-likeness (QED) is 0.693. The van der Waals surface area contributed by atoms with Gasteiger partial charge in [0.05, 0.1) is 16.9 Å². The Kier molecular flexibility index (Phi) is 6.25. The molecular weight excluding hydrogens is 393 g/mol. The average molecular weight is 424 g/mol. The van der Waals surface area contributed by atoms with Crippen LogP contribution in [0.5, 0.6) is 0 Å². The minimum absolute atomic E-state index is 0.0291. The summed E-state index contributed by atoms with van der Waals surface area (Å²) in [5.41, 5.74) is 1.91. The standard InChI is InChI=1S/C25H30FN3O2/c1-28(19-8-4-3-5-9-19)23-15-14-18(16-21(23)26)27-24(30)20-10-6-7-11-22(20)29(2)25(31)17-12-13-17/h6-7,10-11,14-17,19H,3-5,8-9,12-13H2,1-2H3,(H,27,30). The Morgan fingerprint density at radius 3 is 2.32 bits per heavy atom. The van der Waals surface area contributed by atoms with Gasteiger partial charge in [0.15, 0.2) is 0 Å². The second kappa shape index (κ2) is 9.08. The van der Waals surface area contributed by atoms with Crippen molar-refractivity contribution >= 4 is 28.9 Å². The summed E-state index contributed by atoms with van der Waals surface area (Å²) in [5, 5.41) is 2.79. The van der Waals surface area contributed by atoms with Gasteiger partial charge in [0.1, 0.15) is 5.82 Å². The van der Waals surface area contributed by atoms with Crippen LogP contribution in [0.15, 0.2) is 42.5 Å². The van der Waals surface area contributed by atoms with E-state index in [0.29, 0.717) is 28.7 Å². The van der Waals surface area contributed by atoms with Crippen molar-refractivity contribution in [1.29, 1.82) is 0 Å². The molecule has 2 fully saturated rings. The maximum Gasteiger partial charge on any atom is 0.257 e. The van der Waals surface area contributed by atoms with Crippen molar-refractivity contribution in [3.63, 3.8) is 0 Å². The van der Waals surface area contributed by atoms with E-state index < -0.39 is 0 Å². The molecule has 31 heavy (non-hydrogen) atoms. The third-order valence-corrected chi connectivity index (χ3v) is 6.48. The fraction of sp³-hybridized carbons (Fsp3) is 0.440. The number of hydrogen-bond donors (Lipinski definition) is 1. The van der Waals surface area contributed by atoms with Crippen LogP contribution in [0.2, 0.25) is 0 Å². The van der Waals surface area contributed by atoms with Crippen LogP contribution in [-0.4, -0.2) is 32.0 Å². The lowest BCUT2D eigenvalue weighted by atomic mass is 9.94. The van der Waals surface area contributed by atoms with Gasteiger partial charge < -0.3 is 15.1 Å². The van der Waals surface area contributed by atoms with Gasteiger partial charge in [0.25, 0.3) is 5.91 Å². The number of anilines is 3. The Balaban J connectivity index is 1.49. The predicted molar refractivity (Wildman–Crippen MR) is 122 cm³/mol. The third-order valence-electron chi connectivity index (χ3n) is 6.48. The largest absolute Gasteiger partial charge is 0.369 e. The molecule has 0 atom stereocenters. The van der Waals surface area contributed by atoms with Crippen LogP contribution >= 0.6 is 0 Å². The number of nitrogens with zero attached hydrogens (tertiary/aromatic N) is 2. The predicted octanol–water partition coefficient (Wildman–Crippen LogP) is 5.22. The zero-order chi connectivity index (χ0) is 22.0. The van der Waals surface area contributed by atoms with Gasteiger partial charge in [0, 0.05) is 31.7 Å². The number of rotatable bonds is 6. The second-order valence-electron chi connectivity index (χ2n) is 8.71. The van der Waals surface area contributed by atoms with Gasteiger partial charge in [-0.2, -0.15) is 0 Å². The molecule has 2 saturated carbocycles. The Labute approximate surface area is 183 Å². The SMILES string of the molecule is CN(C(=O)C1CC1)c1ccccc1C(=O)Nc1ccc(N(C)C2CCCCC2)c(F)c1. The lowest BCUT2D eigenvalue weighted by molar-refractivity contribution is -0.119. The van der Waals surface area contributed by atoms with Crippen molar-refractivity contribution in [1.82, 2.24) is 0 Å². The topological polar surface area (TPSA) is 52.7 Å². The third kappa shape index (κ3) is 4.73. The van der Waals surface area contributed by atoms with Crippen molar-refractivity contribution in [3.05, 3.63) is 53.8 Å². The molecule has 0 bridgehead atoms. The summed E-state index contributed by atoms with van der Waals surface area (Å²) >= 11 is 0. The average Bonchev–Trinajstić information content (AvgIpc) is 3.64. The van der Waals surface area contributed by atoms with E-state index in [1.54, 1.807) is 48.3 Å². The maximum atomic E-state index is 14.9. The monoisotopic (exact) mass is 423 g/mol. The first-order valence-corrected chi connectivity index (χ1v) is 11.2. The Morgan fingerprint density at radius 2 is 1.65 bits per heavy atom. The van der Waals surface area contributed by atoms with Crippen LogP contribution in [0, 0.1) is 11.7 Å². The van der Waals surface area contributed by atoms with E-state index in [1.165, 1.54) is 25.3 Å². The van der Waals surface area contributed by atoms with E-state index in [0.717, 1.165) is 25.7 Å². The number of halogens is 1. The van der Waals surface area contributed by atoms with Crippen LogP contribution in [0.1, 0.15) is 55.3 Å². The van der Waals surface area contributed by atoms with E-state index in [2.05, 4.69) is 5.32 Å². The summed E-state index contributed by atoms with van der Waals surface area (Å²) in [4.78, 5) is 29.0. The van der Waals surface area contributed by atoms with Crippen LogP contribution in [0.3, 0.4) is 0 Å². The molecular formula is C25H30FN3O2. The molecule has 6 heteroatoms. The van der Waals surface area contributed by atoms with Crippen LogP contribution in [0.4, 0.5) is 21.5 Å². The highest BCUT2D eigenvalue weighted by molar-refractivity contribution is 6.11. The fourth-order valence-electron chi connectivity index (χ4n) is 4.42. The van der Waals surface area contributed by atoms with Crippen molar-refractivity contribution in [2.45, 2.75) is 51.0 Å². The van der Waals surface area contributed by atoms with Gasteiger partial charge in [-0.05, 0) is 56.0 Å². The molecule has 2 aromatic carbocycles. The first-order valence-electron chi connectivity index (χ1n) is 11.2. The lowest BCUT2D eigenvalue weighted by Crippen LogP contribution is -2.33. The molecule has 0 unspecified atom stereocenters. The van der Waals surface area contributed by atoms with Crippen molar-refractivity contribution < 1.29 is 14.0 Å².